The third kappa shape index (κ3) is 2.31. The third-order valence-electron chi connectivity index (χ3n) is 5.74. The van der Waals surface area contributed by atoms with Gasteiger partial charge in [0.25, 0.3) is 0 Å². The van der Waals surface area contributed by atoms with Crippen molar-refractivity contribution in [2.24, 2.45) is 0 Å². The van der Waals surface area contributed by atoms with Gasteiger partial charge in [0.1, 0.15) is 6.61 Å². The summed E-state index contributed by atoms with van der Waals surface area (Å²) in [5.74, 6) is 2.33. The van der Waals surface area contributed by atoms with Crippen LogP contribution in [0.5, 0.6) is 17.2 Å². The molecule has 5 nitrogen and oxygen atoms in total. The van der Waals surface area contributed by atoms with Crippen molar-refractivity contribution in [3.8, 4) is 17.2 Å². The van der Waals surface area contributed by atoms with Crippen molar-refractivity contribution in [1.82, 2.24) is 4.90 Å². The lowest BCUT2D eigenvalue weighted by atomic mass is 9.83. The molecular weight excluding hydrogens is 354 g/mol. The number of benzene rings is 2. The quantitative estimate of drug-likeness (QED) is 0.748. The summed E-state index contributed by atoms with van der Waals surface area (Å²) in [6, 6.07) is 6.53. The summed E-state index contributed by atoms with van der Waals surface area (Å²) in [6.45, 7) is 2.34. The van der Waals surface area contributed by atoms with Crippen LogP contribution in [0.15, 0.2) is 18.2 Å². The van der Waals surface area contributed by atoms with E-state index in [2.05, 4.69) is 17.0 Å². The van der Waals surface area contributed by atoms with Gasteiger partial charge in [-0.3, -0.25) is 4.90 Å². The number of rotatable bonds is 2. The first-order valence-electron chi connectivity index (χ1n) is 8.81. The molecule has 0 aliphatic carbocycles. The molecular formula is C20H20ClNO4. The summed E-state index contributed by atoms with van der Waals surface area (Å²) in [7, 11) is 3.33. The Balaban J connectivity index is 1.60. The van der Waals surface area contributed by atoms with Gasteiger partial charge in [-0.2, -0.15) is 4.89 Å². The Bertz CT molecular complexity index is 898. The summed E-state index contributed by atoms with van der Waals surface area (Å²) in [4.78, 5) is 13.0. The average molecular weight is 374 g/mol. The molecule has 0 N–H and O–H groups in total. The van der Waals surface area contributed by atoms with Gasteiger partial charge in [-0.25, -0.2) is 0 Å². The minimum absolute atomic E-state index is 0.288. The molecule has 3 heterocycles. The van der Waals surface area contributed by atoms with E-state index in [1.54, 1.807) is 14.2 Å². The Kier molecular flexibility index (Phi) is 3.78. The van der Waals surface area contributed by atoms with E-state index in [1.807, 2.05) is 6.07 Å². The van der Waals surface area contributed by atoms with Crippen LogP contribution in [0.3, 0.4) is 0 Å². The fourth-order valence-electron chi connectivity index (χ4n) is 4.47. The second-order valence-corrected chi connectivity index (χ2v) is 7.40. The fourth-order valence-corrected chi connectivity index (χ4v) is 4.76. The molecule has 26 heavy (non-hydrogen) atoms. The van der Waals surface area contributed by atoms with Gasteiger partial charge in [-0.15, -0.1) is 0 Å². The number of ether oxygens (including phenoxy) is 2. The standard InChI is InChI=1S/C20H20ClNO4/c1-23-19-8-16(21)14-6-17-13-7-18-12(10-25-26-18)5-11(13)3-4-22(17)9-15(14)20(19)24-2/h5,7-8,17H,3-4,6,9-10H2,1-2H3. The number of hydrogen-bond donors (Lipinski definition) is 0. The summed E-state index contributed by atoms with van der Waals surface area (Å²) in [5.41, 5.74) is 6.13. The van der Waals surface area contributed by atoms with E-state index in [9.17, 15) is 0 Å². The van der Waals surface area contributed by atoms with Gasteiger partial charge in [0.2, 0.25) is 0 Å². The topological polar surface area (TPSA) is 40.2 Å². The molecule has 136 valence electrons. The van der Waals surface area contributed by atoms with E-state index >= 15 is 0 Å². The van der Waals surface area contributed by atoms with Gasteiger partial charge in [0.05, 0.1) is 14.2 Å². The lowest BCUT2D eigenvalue weighted by Gasteiger charge is -2.42. The average Bonchev–Trinajstić information content (AvgIpc) is 3.12. The zero-order valence-corrected chi connectivity index (χ0v) is 15.6. The summed E-state index contributed by atoms with van der Waals surface area (Å²) in [5, 5.41) is 0.741. The van der Waals surface area contributed by atoms with E-state index in [0.29, 0.717) is 12.4 Å². The lowest BCUT2D eigenvalue weighted by molar-refractivity contribution is -0.194. The second-order valence-electron chi connectivity index (χ2n) is 7.00. The third-order valence-corrected chi connectivity index (χ3v) is 6.08. The Morgan fingerprint density at radius 1 is 1.12 bits per heavy atom. The molecule has 0 aromatic heterocycles. The number of fused-ring (bicyclic) bond motifs is 5. The highest BCUT2D eigenvalue weighted by Gasteiger charge is 2.36. The van der Waals surface area contributed by atoms with Crippen LogP contribution in [0.2, 0.25) is 5.02 Å². The Hall–Kier alpha value is -1.95. The molecule has 0 bridgehead atoms. The van der Waals surface area contributed by atoms with E-state index in [4.69, 9.17) is 30.8 Å². The highest BCUT2D eigenvalue weighted by Crippen LogP contribution is 2.47. The molecule has 5 rings (SSSR count). The minimum atomic E-state index is 0.288. The van der Waals surface area contributed by atoms with Crippen LogP contribution in [-0.2, 0) is 30.9 Å². The van der Waals surface area contributed by atoms with Crippen LogP contribution in [-0.4, -0.2) is 25.7 Å². The summed E-state index contributed by atoms with van der Waals surface area (Å²) >= 11 is 6.61. The maximum absolute atomic E-state index is 6.61. The smallest absolute Gasteiger partial charge is 0.171 e. The Morgan fingerprint density at radius 2 is 2.00 bits per heavy atom. The number of hydrogen-bond acceptors (Lipinski definition) is 5. The molecule has 0 fully saturated rings. The van der Waals surface area contributed by atoms with E-state index in [0.717, 1.165) is 59.1 Å². The SMILES string of the molecule is COc1cc(Cl)c2c(c1OC)CN1CCc3cc4c(cc3C1C2)OOC4. The molecule has 2 aromatic carbocycles. The van der Waals surface area contributed by atoms with Crippen molar-refractivity contribution in [1.29, 1.82) is 0 Å². The molecule has 0 saturated heterocycles. The fraction of sp³-hybridized carbons (Fsp3) is 0.400. The largest absolute Gasteiger partial charge is 0.493 e. The molecule has 3 aliphatic heterocycles. The maximum atomic E-state index is 6.61. The van der Waals surface area contributed by atoms with Crippen LogP contribution >= 0.6 is 11.6 Å². The van der Waals surface area contributed by atoms with Gasteiger partial charge < -0.3 is 14.4 Å². The van der Waals surface area contributed by atoms with Crippen molar-refractivity contribution in [2.75, 3.05) is 20.8 Å². The molecule has 0 amide bonds. The van der Waals surface area contributed by atoms with E-state index in [-0.39, 0.29) is 6.04 Å². The number of halogens is 1. The molecule has 1 atom stereocenters. The Labute approximate surface area is 157 Å². The number of methoxy groups -OCH3 is 2. The maximum Gasteiger partial charge on any atom is 0.171 e. The molecule has 0 saturated carbocycles. The first kappa shape index (κ1) is 16.2. The highest BCUT2D eigenvalue weighted by molar-refractivity contribution is 6.31. The molecule has 0 radical (unpaired) electrons. The Morgan fingerprint density at radius 3 is 2.81 bits per heavy atom. The van der Waals surface area contributed by atoms with Crippen LogP contribution in [0, 0.1) is 0 Å². The second kappa shape index (κ2) is 6.05. The van der Waals surface area contributed by atoms with Crippen molar-refractivity contribution in [3.63, 3.8) is 0 Å². The van der Waals surface area contributed by atoms with E-state index < -0.39 is 0 Å². The van der Waals surface area contributed by atoms with Gasteiger partial charge in [0, 0.05) is 41.3 Å². The van der Waals surface area contributed by atoms with Crippen molar-refractivity contribution in [3.05, 3.63) is 51.0 Å². The van der Waals surface area contributed by atoms with Crippen molar-refractivity contribution < 1.29 is 19.2 Å². The zero-order chi connectivity index (χ0) is 17.8. The predicted molar refractivity (Wildman–Crippen MR) is 97.0 cm³/mol. The lowest BCUT2D eigenvalue weighted by Crippen LogP contribution is -2.39. The number of nitrogens with zero attached hydrogens (tertiary/aromatic N) is 1. The summed E-state index contributed by atoms with van der Waals surface area (Å²) in [6.07, 6.45) is 1.87. The first-order chi connectivity index (χ1) is 12.7. The van der Waals surface area contributed by atoms with Gasteiger partial charge in [-0.05, 0) is 41.7 Å². The summed E-state index contributed by atoms with van der Waals surface area (Å²) < 4.78 is 11.1. The van der Waals surface area contributed by atoms with Crippen LogP contribution < -0.4 is 14.4 Å². The molecule has 1 unspecified atom stereocenters. The highest BCUT2D eigenvalue weighted by atomic mass is 35.5. The van der Waals surface area contributed by atoms with Crippen LogP contribution in [0.25, 0.3) is 0 Å². The first-order valence-corrected chi connectivity index (χ1v) is 9.18. The minimum Gasteiger partial charge on any atom is -0.493 e. The molecule has 3 aliphatic rings. The van der Waals surface area contributed by atoms with E-state index in [1.165, 1.54) is 11.1 Å². The molecule has 2 aromatic rings. The van der Waals surface area contributed by atoms with Crippen LogP contribution in [0.4, 0.5) is 0 Å². The van der Waals surface area contributed by atoms with Gasteiger partial charge >= 0.3 is 0 Å². The van der Waals surface area contributed by atoms with Gasteiger partial charge in [-0.1, -0.05) is 11.6 Å². The van der Waals surface area contributed by atoms with Crippen molar-refractivity contribution >= 4 is 11.6 Å². The predicted octanol–water partition coefficient (Wildman–Crippen LogP) is 3.84. The monoisotopic (exact) mass is 373 g/mol. The zero-order valence-electron chi connectivity index (χ0n) is 14.8. The van der Waals surface area contributed by atoms with Gasteiger partial charge in [0.15, 0.2) is 17.2 Å². The van der Waals surface area contributed by atoms with Crippen molar-refractivity contribution in [2.45, 2.75) is 32.0 Å². The van der Waals surface area contributed by atoms with Crippen LogP contribution in [0.1, 0.15) is 33.9 Å². The molecule has 0 spiro atoms. The molecule has 6 heteroatoms. The normalized spacial score (nSPS) is 20.5.